The maximum atomic E-state index is 9.81. The minimum Gasteiger partial charge on any atom is -0.508 e. The van der Waals surface area contributed by atoms with E-state index >= 15 is 0 Å². The van der Waals surface area contributed by atoms with E-state index in [1.807, 2.05) is 18.2 Å². The Morgan fingerprint density at radius 1 is 0.893 bits per heavy atom. The molecule has 0 bridgehead atoms. The first-order chi connectivity index (χ1) is 13.4. The van der Waals surface area contributed by atoms with Gasteiger partial charge in [0.1, 0.15) is 5.76 Å². The van der Waals surface area contributed by atoms with E-state index in [1.54, 1.807) is 0 Å². The summed E-state index contributed by atoms with van der Waals surface area (Å²) in [6.07, 6.45) is 1.88. The zero-order valence-corrected chi connectivity index (χ0v) is 17.0. The van der Waals surface area contributed by atoms with Gasteiger partial charge in [-0.1, -0.05) is 66.2 Å². The molecule has 0 saturated heterocycles. The van der Waals surface area contributed by atoms with Crippen LogP contribution in [-0.4, -0.2) is 5.11 Å². The van der Waals surface area contributed by atoms with Crippen molar-refractivity contribution in [3.05, 3.63) is 111 Å². The average molecular weight is 387 g/mol. The zero-order valence-electron chi connectivity index (χ0n) is 16.2. The van der Waals surface area contributed by atoms with E-state index < -0.39 is 0 Å². The molecule has 140 valence electrons. The van der Waals surface area contributed by atoms with Gasteiger partial charge in [0.15, 0.2) is 0 Å². The molecule has 0 fully saturated rings. The number of aryl methyl sites for hydroxylation is 3. The van der Waals surface area contributed by atoms with E-state index in [-0.39, 0.29) is 5.76 Å². The molecule has 0 spiro atoms. The fourth-order valence-corrected chi connectivity index (χ4v) is 4.28. The molecule has 1 aliphatic rings. The number of halogens is 1. The van der Waals surface area contributed by atoms with Gasteiger partial charge in [-0.25, -0.2) is 0 Å². The van der Waals surface area contributed by atoms with Crippen molar-refractivity contribution < 1.29 is 5.11 Å². The summed E-state index contributed by atoms with van der Waals surface area (Å²) in [5.74, 6) is 0.114. The van der Waals surface area contributed by atoms with Crippen LogP contribution in [0.15, 0.2) is 67.2 Å². The van der Waals surface area contributed by atoms with Crippen molar-refractivity contribution in [2.45, 2.75) is 26.7 Å². The number of benzene rings is 3. The Morgan fingerprint density at radius 3 is 2.29 bits per heavy atom. The van der Waals surface area contributed by atoms with Gasteiger partial charge in [-0.15, -0.1) is 0 Å². The number of hydrogen-bond donors (Lipinski definition) is 1. The topological polar surface area (TPSA) is 20.2 Å². The van der Waals surface area contributed by atoms with Gasteiger partial charge in [0.05, 0.1) is 0 Å². The first-order valence-corrected chi connectivity index (χ1v) is 9.90. The summed E-state index contributed by atoms with van der Waals surface area (Å²) >= 11 is 6.21. The average Bonchev–Trinajstić information content (AvgIpc) is 2.67. The highest BCUT2D eigenvalue weighted by atomic mass is 35.5. The van der Waals surface area contributed by atoms with E-state index in [9.17, 15) is 5.11 Å². The third-order valence-electron chi connectivity index (χ3n) is 5.51. The van der Waals surface area contributed by atoms with Crippen molar-refractivity contribution in [1.82, 2.24) is 0 Å². The maximum absolute atomic E-state index is 9.81. The Bertz CT molecular complexity index is 1100. The number of rotatable bonds is 3. The van der Waals surface area contributed by atoms with E-state index in [0.717, 1.165) is 23.4 Å². The van der Waals surface area contributed by atoms with Gasteiger partial charge in [-0.3, -0.25) is 0 Å². The predicted octanol–water partition coefficient (Wildman–Crippen LogP) is 7.39. The van der Waals surface area contributed by atoms with Crippen LogP contribution in [0.3, 0.4) is 0 Å². The molecule has 0 heterocycles. The molecule has 28 heavy (non-hydrogen) atoms. The molecule has 0 radical (unpaired) electrons. The summed E-state index contributed by atoms with van der Waals surface area (Å²) in [5, 5.41) is 10.6. The molecular formula is C26H23ClO. The van der Waals surface area contributed by atoms with E-state index in [0.29, 0.717) is 0 Å². The number of hydrogen-bond acceptors (Lipinski definition) is 1. The Morgan fingerprint density at radius 2 is 1.61 bits per heavy atom. The molecular weight excluding hydrogens is 364 g/mol. The molecule has 0 amide bonds. The monoisotopic (exact) mass is 386 g/mol. The summed E-state index contributed by atoms with van der Waals surface area (Å²) in [5.41, 5.74) is 10.8. The van der Waals surface area contributed by atoms with Crippen LogP contribution in [-0.2, 0) is 6.42 Å². The van der Waals surface area contributed by atoms with Crippen molar-refractivity contribution in [1.29, 1.82) is 0 Å². The minimum absolute atomic E-state index is 0.114. The Balaban J connectivity index is 1.98. The molecule has 1 aliphatic carbocycles. The Hall–Kier alpha value is -2.77. The maximum Gasteiger partial charge on any atom is 0.115 e. The third kappa shape index (κ3) is 3.39. The van der Waals surface area contributed by atoms with Gasteiger partial charge in [-0.2, -0.15) is 0 Å². The van der Waals surface area contributed by atoms with Crippen molar-refractivity contribution in [3.8, 4) is 0 Å². The lowest BCUT2D eigenvalue weighted by Crippen LogP contribution is -2.07. The fraction of sp³-hybridized carbons (Fsp3) is 0.154. The van der Waals surface area contributed by atoms with Crippen LogP contribution >= 0.6 is 11.6 Å². The van der Waals surface area contributed by atoms with Gasteiger partial charge in [0.2, 0.25) is 0 Å². The Labute approximate surface area is 171 Å². The van der Waals surface area contributed by atoms with Crippen LogP contribution < -0.4 is 0 Å². The van der Waals surface area contributed by atoms with Crippen molar-refractivity contribution in [2.75, 3.05) is 0 Å². The number of fused-ring (bicyclic) bond motifs is 1. The van der Waals surface area contributed by atoms with Crippen molar-refractivity contribution in [2.24, 2.45) is 0 Å². The normalized spacial score (nSPS) is 13.4. The summed E-state index contributed by atoms with van der Waals surface area (Å²) < 4.78 is 0. The van der Waals surface area contributed by atoms with Gasteiger partial charge < -0.3 is 5.11 Å². The van der Waals surface area contributed by atoms with Crippen LogP contribution in [0.4, 0.5) is 0 Å². The van der Waals surface area contributed by atoms with Gasteiger partial charge in [0, 0.05) is 10.6 Å². The fourth-order valence-electron chi connectivity index (χ4n) is 4.06. The molecule has 0 aliphatic heterocycles. The lowest BCUT2D eigenvalue weighted by atomic mass is 9.78. The second-order valence-corrected chi connectivity index (χ2v) is 7.93. The highest BCUT2D eigenvalue weighted by Crippen LogP contribution is 2.42. The van der Waals surface area contributed by atoms with E-state index in [4.69, 9.17) is 11.6 Å². The second-order valence-electron chi connectivity index (χ2n) is 7.50. The summed E-state index contributed by atoms with van der Waals surface area (Å²) in [4.78, 5) is 0. The van der Waals surface area contributed by atoms with Crippen LogP contribution in [0.5, 0.6) is 0 Å². The predicted molar refractivity (Wildman–Crippen MR) is 120 cm³/mol. The molecule has 3 aromatic carbocycles. The SMILES string of the molecule is C=C(O)c1ccc2c(c1)CCC(c1ccc(Cl)cc1C)=C2c1ccc(C)cc1. The smallest absolute Gasteiger partial charge is 0.115 e. The second kappa shape index (κ2) is 7.33. The molecule has 0 saturated carbocycles. The molecule has 4 rings (SSSR count). The van der Waals surface area contributed by atoms with E-state index in [1.165, 1.54) is 44.5 Å². The first-order valence-electron chi connectivity index (χ1n) is 9.52. The highest BCUT2D eigenvalue weighted by molar-refractivity contribution is 6.30. The highest BCUT2D eigenvalue weighted by Gasteiger charge is 2.23. The number of aliphatic hydroxyl groups is 1. The molecule has 3 aromatic rings. The van der Waals surface area contributed by atoms with Gasteiger partial charge in [0.25, 0.3) is 0 Å². The lowest BCUT2D eigenvalue weighted by Gasteiger charge is -2.26. The molecule has 1 nitrogen and oxygen atoms in total. The zero-order chi connectivity index (χ0) is 19.8. The van der Waals surface area contributed by atoms with Gasteiger partial charge in [-0.05, 0) is 83.9 Å². The minimum atomic E-state index is 0.114. The van der Waals surface area contributed by atoms with Crippen molar-refractivity contribution in [3.63, 3.8) is 0 Å². The van der Waals surface area contributed by atoms with Crippen LogP contribution in [0.1, 0.15) is 45.4 Å². The standard InChI is InChI=1S/C26H23ClO/c1-16-4-6-19(7-5-16)26-24-11-8-20(18(3)28)15-21(24)9-12-25(26)23-13-10-22(27)14-17(23)2/h4-8,10-11,13-15,28H,3,9,12H2,1-2H3. The molecule has 2 heteroatoms. The first kappa shape index (κ1) is 18.6. The van der Waals surface area contributed by atoms with Crippen LogP contribution in [0, 0.1) is 13.8 Å². The summed E-state index contributed by atoms with van der Waals surface area (Å²) in [6, 6.07) is 21.0. The summed E-state index contributed by atoms with van der Waals surface area (Å²) in [7, 11) is 0. The molecule has 0 unspecified atom stereocenters. The van der Waals surface area contributed by atoms with Crippen molar-refractivity contribution >= 4 is 28.5 Å². The van der Waals surface area contributed by atoms with Crippen LogP contribution in [0.25, 0.3) is 16.9 Å². The third-order valence-corrected chi connectivity index (χ3v) is 5.74. The molecule has 0 atom stereocenters. The number of allylic oxidation sites excluding steroid dienone is 1. The van der Waals surface area contributed by atoms with Crippen LogP contribution in [0.2, 0.25) is 5.02 Å². The summed E-state index contributed by atoms with van der Waals surface area (Å²) in [6.45, 7) is 7.90. The quantitative estimate of drug-likeness (QED) is 0.465. The largest absolute Gasteiger partial charge is 0.508 e. The molecule has 1 N–H and O–H groups in total. The van der Waals surface area contributed by atoms with E-state index in [2.05, 4.69) is 62.9 Å². The van der Waals surface area contributed by atoms with Gasteiger partial charge >= 0.3 is 0 Å². The lowest BCUT2D eigenvalue weighted by molar-refractivity contribution is 0.513. The molecule has 0 aromatic heterocycles. The number of aliphatic hydroxyl groups excluding tert-OH is 1. The Kier molecular flexibility index (Phi) is 4.87.